The van der Waals surface area contributed by atoms with Gasteiger partial charge in [-0.15, -0.1) is 11.3 Å². The molecule has 0 spiro atoms. The van der Waals surface area contributed by atoms with Crippen LogP contribution in [0.4, 0.5) is 0 Å². The molecule has 3 aromatic rings. The molecule has 0 radical (unpaired) electrons. The van der Waals surface area contributed by atoms with Crippen LogP contribution in [-0.4, -0.2) is 30.2 Å². The van der Waals surface area contributed by atoms with Gasteiger partial charge in [0.15, 0.2) is 0 Å². The van der Waals surface area contributed by atoms with Crippen LogP contribution in [0.25, 0.3) is 10.6 Å². The van der Waals surface area contributed by atoms with Crippen LogP contribution in [0.5, 0.6) is 11.5 Å². The van der Waals surface area contributed by atoms with Crippen molar-refractivity contribution < 1.29 is 19.0 Å². The molecule has 26 heavy (non-hydrogen) atoms. The van der Waals surface area contributed by atoms with E-state index in [1.54, 1.807) is 44.8 Å². The highest BCUT2D eigenvalue weighted by molar-refractivity contribution is 7.13. The highest BCUT2D eigenvalue weighted by Crippen LogP contribution is 2.25. The number of carbonyl (C=O) groups is 1. The van der Waals surface area contributed by atoms with E-state index in [-0.39, 0.29) is 19.0 Å². The molecule has 2 aromatic heterocycles. The minimum atomic E-state index is -0.349. The molecule has 3 rings (SSSR count). The number of ether oxygens (including phenoxy) is 3. The Hall–Kier alpha value is -2.93. The third-order valence-corrected chi connectivity index (χ3v) is 4.60. The van der Waals surface area contributed by atoms with Gasteiger partial charge in [0.1, 0.15) is 23.1 Å². The minimum absolute atomic E-state index is 0.110. The Labute approximate surface area is 155 Å². The second-order valence-electron chi connectivity index (χ2n) is 5.40. The zero-order valence-corrected chi connectivity index (χ0v) is 15.3. The number of thiazole rings is 1. The Morgan fingerprint density at radius 1 is 1.19 bits per heavy atom. The van der Waals surface area contributed by atoms with Crippen molar-refractivity contribution >= 4 is 17.3 Å². The summed E-state index contributed by atoms with van der Waals surface area (Å²) >= 11 is 1.47. The lowest BCUT2D eigenvalue weighted by atomic mass is 10.2. The molecular weight excluding hydrogens is 352 g/mol. The van der Waals surface area contributed by atoms with E-state index in [1.165, 1.54) is 11.3 Å². The van der Waals surface area contributed by atoms with E-state index in [9.17, 15) is 4.79 Å². The average Bonchev–Trinajstić information content (AvgIpc) is 3.15. The number of hydrogen-bond donors (Lipinski definition) is 0. The monoisotopic (exact) mass is 370 g/mol. The first kappa shape index (κ1) is 17.9. The molecule has 1 aromatic carbocycles. The summed E-state index contributed by atoms with van der Waals surface area (Å²) in [5.74, 6) is 0.974. The maximum Gasteiger partial charge on any atom is 0.312 e. The first-order valence-corrected chi connectivity index (χ1v) is 8.79. The maximum atomic E-state index is 12.1. The van der Waals surface area contributed by atoms with Gasteiger partial charge in [0, 0.05) is 28.9 Å². The van der Waals surface area contributed by atoms with Gasteiger partial charge in [-0.05, 0) is 30.3 Å². The Morgan fingerprint density at radius 2 is 2.08 bits per heavy atom. The van der Waals surface area contributed by atoms with E-state index >= 15 is 0 Å². The van der Waals surface area contributed by atoms with E-state index in [1.807, 2.05) is 17.5 Å². The van der Waals surface area contributed by atoms with Crippen LogP contribution in [0.1, 0.15) is 11.3 Å². The van der Waals surface area contributed by atoms with Gasteiger partial charge in [-0.3, -0.25) is 9.78 Å². The van der Waals surface area contributed by atoms with Crippen molar-refractivity contribution in [3.05, 3.63) is 59.4 Å². The number of aromatic nitrogens is 2. The Balaban J connectivity index is 1.61. The van der Waals surface area contributed by atoms with Crippen LogP contribution in [0.3, 0.4) is 0 Å². The lowest BCUT2D eigenvalue weighted by Gasteiger charge is -2.10. The summed E-state index contributed by atoms with van der Waals surface area (Å²) < 4.78 is 15.8. The van der Waals surface area contributed by atoms with Crippen molar-refractivity contribution in [2.24, 2.45) is 0 Å². The number of rotatable bonds is 7. The topological polar surface area (TPSA) is 70.5 Å². The molecule has 0 aliphatic rings. The smallest absolute Gasteiger partial charge is 0.312 e. The summed E-state index contributed by atoms with van der Waals surface area (Å²) in [5, 5.41) is 2.69. The first-order chi connectivity index (χ1) is 12.7. The Morgan fingerprint density at radius 3 is 2.81 bits per heavy atom. The number of esters is 1. The van der Waals surface area contributed by atoms with Gasteiger partial charge in [-0.2, -0.15) is 0 Å². The van der Waals surface area contributed by atoms with Crippen molar-refractivity contribution in [3.63, 3.8) is 0 Å². The third-order valence-electron chi connectivity index (χ3n) is 3.66. The van der Waals surface area contributed by atoms with Gasteiger partial charge < -0.3 is 14.2 Å². The average molecular weight is 370 g/mol. The number of methoxy groups -OCH3 is 2. The van der Waals surface area contributed by atoms with E-state index in [0.717, 1.165) is 16.1 Å². The van der Waals surface area contributed by atoms with Crippen LogP contribution in [0.15, 0.2) is 48.1 Å². The van der Waals surface area contributed by atoms with Crippen molar-refractivity contribution in [1.29, 1.82) is 0 Å². The number of nitrogens with zero attached hydrogens (tertiary/aromatic N) is 2. The SMILES string of the molecule is COc1ccc(OC)c(COC(=O)Cc2csc(-c3cccnc3)n2)c1. The molecule has 7 heteroatoms. The fraction of sp³-hybridized carbons (Fsp3) is 0.211. The first-order valence-electron chi connectivity index (χ1n) is 7.91. The maximum absolute atomic E-state index is 12.1. The molecule has 134 valence electrons. The summed E-state index contributed by atoms with van der Waals surface area (Å²) in [6.07, 6.45) is 3.57. The summed E-state index contributed by atoms with van der Waals surface area (Å²) in [6.45, 7) is 0.110. The van der Waals surface area contributed by atoms with Gasteiger partial charge in [0.05, 0.1) is 26.3 Å². The molecule has 0 bridgehead atoms. The second kappa shape index (κ2) is 8.44. The predicted octanol–water partition coefficient (Wildman–Crippen LogP) is 3.51. The lowest BCUT2D eigenvalue weighted by molar-refractivity contribution is -0.144. The standard InChI is InChI=1S/C19H18N2O4S/c1-23-16-5-6-17(24-2)14(8-16)11-25-18(22)9-15-12-26-19(21-15)13-4-3-7-20-10-13/h3-8,10,12H,9,11H2,1-2H3. The highest BCUT2D eigenvalue weighted by atomic mass is 32.1. The fourth-order valence-electron chi connectivity index (χ4n) is 2.36. The molecule has 2 heterocycles. The van der Waals surface area contributed by atoms with Crippen LogP contribution < -0.4 is 9.47 Å². The van der Waals surface area contributed by atoms with Crippen molar-refractivity contribution in [2.75, 3.05) is 14.2 Å². The molecule has 0 unspecified atom stereocenters. The summed E-state index contributed by atoms with van der Waals surface area (Å²) in [5.41, 5.74) is 2.35. The summed E-state index contributed by atoms with van der Waals surface area (Å²) in [6, 6.07) is 9.15. The largest absolute Gasteiger partial charge is 0.497 e. The third kappa shape index (κ3) is 4.37. The van der Waals surface area contributed by atoms with E-state index < -0.39 is 0 Å². The number of pyridine rings is 1. The van der Waals surface area contributed by atoms with Crippen molar-refractivity contribution in [3.8, 4) is 22.1 Å². The predicted molar refractivity (Wildman–Crippen MR) is 98.4 cm³/mol. The summed E-state index contributed by atoms with van der Waals surface area (Å²) in [4.78, 5) is 20.7. The Kier molecular flexibility index (Phi) is 5.80. The van der Waals surface area contributed by atoms with Gasteiger partial charge >= 0.3 is 5.97 Å². The zero-order chi connectivity index (χ0) is 18.4. The number of benzene rings is 1. The van der Waals surface area contributed by atoms with Gasteiger partial charge in [0.2, 0.25) is 0 Å². The fourth-order valence-corrected chi connectivity index (χ4v) is 3.17. The minimum Gasteiger partial charge on any atom is -0.497 e. The van der Waals surface area contributed by atoms with Crippen LogP contribution in [-0.2, 0) is 22.6 Å². The van der Waals surface area contributed by atoms with E-state index in [0.29, 0.717) is 17.2 Å². The highest BCUT2D eigenvalue weighted by Gasteiger charge is 2.12. The molecule has 0 N–H and O–H groups in total. The van der Waals surface area contributed by atoms with Crippen LogP contribution in [0, 0.1) is 0 Å². The zero-order valence-electron chi connectivity index (χ0n) is 14.5. The van der Waals surface area contributed by atoms with Gasteiger partial charge in [0.25, 0.3) is 0 Å². The Bertz CT molecular complexity index is 880. The molecule has 0 saturated carbocycles. The quantitative estimate of drug-likeness (QED) is 0.593. The molecule has 0 atom stereocenters. The number of hydrogen-bond acceptors (Lipinski definition) is 7. The van der Waals surface area contributed by atoms with Crippen LogP contribution >= 0.6 is 11.3 Å². The molecule has 0 aliphatic carbocycles. The summed E-state index contributed by atoms with van der Waals surface area (Å²) in [7, 11) is 3.15. The van der Waals surface area contributed by atoms with Gasteiger partial charge in [-0.1, -0.05) is 0 Å². The molecule has 6 nitrogen and oxygen atoms in total. The van der Waals surface area contributed by atoms with Crippen LogP contribution in [0.2, 0.25) is 0 Å². The van der Waals surface area contributed by atoms with Crippen molar-refractivity contribution in [1.82, 2.24) is 9.97 Å². The van der Waals surface area contributed by atoms with Gasteiger partial charge in [-0.25, -0.2) is 4.98 Å². The van der Waals surface area contributed by atoms with E-state index in [2.05, 4.69) is 9.97 Å². The number of carbonyl (C=O) groups excluding carboxylic acids is 1. The molecule has 0 aliphatic heterocycles. The molecule has 0 amide bonds. The molecule has 0 saturated heterocycles. The van der Waals surface area contributed by atoms with E-state index in [4.69, 9.17) is 14.2 Å². The van der Waals surface area contributed by atoms with Crippen molar-refractivity contribution in [2.45, 2.75) is 13.0 Å². The molecular formula is C19H18N2O4S. The second-order valence-corrected chi connectivity index (χ2v) is 6.26. The molecule has 0 fully saturated rings. The normalized spacial score (nSPS) is 10.4. The lowest BCUT2D eigenvalue weighted by Crippen LogP contribution is -2.09.